The molecule has 2 aromatic heterocycles. The highest BCUT2D eigenvalue weighted by Crippen LogP contribution is 2.28. The van der Waals surface area contributed by atoms with Crippen LogP contribution in [0.2, 0.25) is 0 Å². The number of aromatic nitrogens is 3. The molecular formula is C11H16FN4O5P. The zero-order valence-electron chi connectivity index (χ0n) is 11.4. The molecule has 0 radical (unpaired) electrons. The van der Waals surface area contributed by atoms with Gasteiger partial charge in [-0.05, 0) is 0 Å². The summed E-state index contributed by atoms with van der Waals surface area (Å²) in [7, 11) is -2.79. The number of aliphatic hydroxyl groups excluding tert-OH is 1. The fraction of sp³-hybridized carbons (Fsp3) is 0.455. The van der Waals surface area contributed by atoms with Crippen molar-refractivity contribution in [1.29, 1.82) is 0 Å². The number of nitrogens with zero attached hydrogens (tertiary/aromatic N) is 1. The second-order valence-corrected chi connectivity index (χ2v) is 5.25. The molecule has 122 valence electrons. The summed E-state index contributed by atoms with van der Waals surface area (Å²) in [4.78, 5) is 37.9. The van der Waals surface area contributed by atoms with Crippen molar-refractivity contribution in [3.8, 4) is 0 Å². The van der Waals surface area contributed by atoms with Crippen LogP contribution < -0.4 is 10.9 Å². The van der Waals surface area contributed by atoms with Crippen LogP contribution in [-0.2, 0) is 11.1 Å². The van der Waals surface area contributed by atoms with Gasteiger partial charge in [-0.2, -0.15) is 0 Å². The molecule has 0 bridgehead atoms. The van der Waals surface area contributed by atoms with Crippen LogP contribution in [-0.4, -0.2) is 48.9 Å². The second kappa shape index (κ2) is 7.73. The van der Waals surface area contributed by atoms with Crippen molar-refractivity contribution in [3.05, 3.63) is 28.4 Å². The van der Waals surface area contributed by atoms with Gasteiger partial charge in [0, 0.05) is 30.8 Å². The SMILES string of the molecule is O=c1[nH]cnc2c(CN[C@H](CO)CC(F)OP(O)O)c[nH]c12. The normalized spacial score (nSPS) is 14.6. The van der Waals surface area contributed by atoms with Crippen molar-refractivity contribution >= 4 is 19.6 Å². The highest BCUT2D eigenvalue weighted by Gasteiger charge is 2.19. The van der Waals surface area contributed by atoms with E-state index < -0.39 is 21.0 Å². The Morgan fingerprint density at radius 3 is 2.91 bits per heavy atom. The third kappa shape index (κ3) is 4.29. The van der Waals surface area contributed by atoms with Crippen LogP contribution in [0.25, 0.3) is 11.0 Å². The highest BCUT2D eigenvalue weighted by atomic mass is 31.2. The van der Waals surface area contributed by atoms with E-state index in [1.165, 1.54) is 6.33 Å². The van der Waals surface area contributed by atoms with Gasteiger partial charge >= 0.3 is 8.60 Å². The van der Waals surface area contributed by atoms with Crippen LogP contribution >= 0.6 is 8.60 Å². The first-order chi connectivity index (χ1) is 10.5. The summed E-state index contributed by atoms with van der Waals surface area (Å²) in [6.45, 7) is -0.129. The molecule has 0 amide bonds. The van der Waals surface area contributed by atoms with Crippen LogP contribution in [0.1, 0.15) is 12.0 Å². The van der Waals surface area contributed by atoms with Gasteiger partial charge in [0.1, 0.15) is 5.52 Å². The van der Waals surface area contributed by atoms with E-state index in [0.29, 0.717) is 16.6 Å². The lowest BCUT2D eigenvalue weighted by atomic mass is 10.2. The first kappa shape index (κ1) is 16.9. The number of rotatable bonds is 8. The molecule has 0 fully saturated rings. The van der Waals surface area contributed by atoms with Crippen molar-refractivity contribution < 1.29 is 23.8 Å². The molecule has 9 nitrogen and oxygen atoms in total. The van der Waals surface area contributed by atoms with E-state index in [-0.39, 0.29) is 25.1 Å². The predicted molar refractivity (Wildman–Crippen MR) is 76.4 cm³/mol. The Morgan fingerprint density at radius 2 is 2.23 bits per heavy atom. The van der Waals surface area contributed by atoms with Crippen molar-refractivity contribution in [1.82, 2.24) is 20.3 Å². The quantitative estimate of drug-likeness (QED) is 0.361. The number of nitrogens with one attached hydrogen (secondary N) is 3. The molecule has 0 saturated heterocycles. The Kier molecular flexibility index (Phi) is 5.95. The maximum Gasteiger partial charge on any atom is 0.329 e. The van der Waals surface area contributed by atoms with E-state index in [9.17, 15) is 14.3 Å². The molecule has 0 aliphatic heterocycles. The highest BCUT2D eigenvalue weighted by molar-refractivity contribution is 7.39. The van der Waals surface area contributed by atoms with Gasteiger partial charge in [-0.25, -0.2) is 9.37 Å². The lowest BCUT2D eigenvalue weighted by Crippen LogP contribution is -2.34. The van der Waals surface area contributed by atoms with E-state index in [2.05, 4.69) is 24.8 Å². The van der Waals surface area contributed by atoms with Crippen molar-refractivity contribution in [2.24, 2.45) is 0 Å². The largest absolute Gasteiger partial charge is 0.395 e. The van der Waals surface area contributed by atoms with Crippen LogP contribution in [0.5, 0.6) is 0 Å². The average Bonchev–Trinajstić information content (AvgIpc) is 2.87. The lowest BCUT2D eigenvalue weighted by Gasteiger charge is -2.18. The summed E-state index contributed by atoms with van der Waals surface area (Å²) in [6.07, 6.45) is 0.710. The molecule has 0 saturated carbocycles. The Morgan fingerprint density at radius 1 is 1.45 bits per heavy atom. The van der Waals surface area contributed by atoms with Crippen LogP contribution in [0, 0.1) is 0 Å². The third-order valence-corrected chi connectivity index (χ3v) is 3.45. The molecule has 11 heteroatoms. The molecule has 0 aliphatic carbocycles. The molecule has 2 rings (SSSR count). The third-order valence-electron chi connectivity index (χ3n) is 3.03. The number of fused-ring (bicyclic) bond motifs is 1. The Balaban J connectivity index is 1.97. The minimum atomic E-state index is -2.79. The van der Waals surface area contributed by atoms with Gasteiger partial charge in [-0.3, -0.25) is 9.32 Å². The molecule has 0 spiro atoms. The standard InChI is InChI=1S/C11H16FN4O5P/c12-8(21-22(19)20)1-7(4-17)13-2-6-3-14-10-9(6)15-5-16-11(10)18/h3,5,7-8,13-14,17,19-20H,1-2,4H2,(H,15,16,18)/t7-,8?/m0/s1. The topological polar surface area (TPSA) is 143 Å². The molecule has 2 aromatic rings. The van der Waals surface area contributed by atoms with Crippen molar-refractivity contribution in [2.75, 3.05) is 6.61 Å². The number of hydrogen-bond acceptors (Lipinski definition) is 7. The van der Waals surface area contributed by atoms with Gasteiger partial charge in [0.05, 0.1) is 18.5 Å². The molecule has 0 aromatic carbocycles. The molecule has 0 aliphatic rings. The number of halogens is 1. The van der Waals surface area contributed by atoms with Gasteiger partial charge < -0.3 is 30.2 Å². The lowest BCUT2D eigenvalue weighted by molar-refractivity contribution is 0.0309. The Hall–Kier alpha value is -1.42. The summed E-state index contributed by atoms with van der Waals surface area (Å²) in [5.41, 5.74) is 1.20. The first-order valence-electron chi connectivity index (χ1n) is 6.38. The number of hydrogen-bond donors (Lipinski definition) is 6. The maximum atomic E-state index is 13.3. The zero-order chi connectivity index (χ0) is 16.1. The minimum absolute atomic E-state index is 0.238. The number of aromatic amines is 2. The van der Waals surface area contributed by atoms with Crippen molar-refractivity contribution in [2.45, 2.75) is 25.4 Å². The number of alkyl halides is 1. The predicted octanol–water partition coefficient (Wildman–Crippen LogP) is -0.385. The van der Waals surface area contributed by atoms with E-state index in [0.717, 1.165) is 0 Å². The van der Waals surface area contributed by atoms with Gasteiger partial charge in [-0.1, -0.05) is 0 Å². The molecule has 2 atom stereocenters. The average molecular weight is 334 g/mol. The Labute approximate surface area is 125 Å². The summed E-state index contributed by atoms with van der Waals surface area (Å²) in [5, 5.41) is 12.1. The molecule has 6 N–H and O–H groups in total. The van der Waals surface area contributed by atoms with Crippen molar-refractivity contribution in [3.63, 3.8) is 0 Å². The Bertz CT molecular complexity index is 663. The summed E-state index contributed by atoms with van der Waals surface area (Å²) < 4.78 is 17.5. The molecule has 22 heavy (non-hydrogen) atoms. The second-order valence-electron chi connectivity index (χ2n) is 4.53. The van der Waals surface area contributed by atoms with Gasteiger partial charge in [0.2, 0.25) is 6.36 Å². The van der Waals surface area contributed by atoms with Gasteiger partial charge in [0.25, 0.3) is 5.56 Å². The molecule has 1 unspecified atom stereocenters. The fourth-order valence-corrected chi connectivity index (χ4v) is 2.28. The van der Waals surface area contributed by atoms with Gasteiger partial charge in [0.15, 0.2) is 0 Å². The van der Waals surface area contributed by atoms with E-state index in [1.54, 1.807) is 6.20 Å². The first-order valence-corrected chi connectivity index (χ1v) is 7.54. The maximum absolute atomic E-state index is 13.3. The molecule has 2 heterocycles. The van der Waals surface area contributed by atoms with Crippen LogP contribution in [0.15, 0.2) is 17.3 Å². The fourth-order valence-electron chi connectivity index (χ4n) is 1.99. The summed E-state index contributed by atoms with van der Waals surface area (Å²) in [5.74, 6) is 0. The smallest absolute Gasteiger partial charge is 0.329 e. The van der Waals surface area contributed by atoms with E-state index in [1.807, 2.05) is 0 Å². The van der Waals surface area contributed by atoms with E-state index >= 15 is 0 Å². The summed E-state index contributed by atoms with van der Waals surface area (Å²) in [6, 6.07) is -0.656. The number of H-pyrrole nitrogens is 2. The van der Waals surface area contributed by atoms with E-state index in [4.69, 9.17) is 9.79 Å². The van der Waals surface area contributed by atoms with Gasteiger partial charge in [-0.15, -0.1) is 0 Å². The molecular weight excluding hydrogens is 318 g/mol. The van der Waals surface area contributed by atoms with Crippen LogP contribution in [0.3, 0.4) is 0 Å². The van der Waals surface area contributed by atoms with Crippen LogP contribution in [0.4, 0.5) is 4.39 Å². The monoisotopic (exact) mass is 334 g/mol. The minimum Gasteiger partial charge on any atom is -0.395 e. The zero-order valence-corrected chi connectivity index (χ0v) is 12.3. The number of aliphatic hydroxyl groups is 1. The summed E-state index contributed by atoms with van der Waals surface area (Å²) >= 11 is 0.